The Morgan fingerprint density at radius 3 is 2.71 bits per heavy atom. The zero-order chi connectivity index (χ0) is 23.0. The van der Waals surface area contributed by atoms with E-state index in [1.165, 1.54) is 11.8 Å². The number of aliphatic imine (C=N–C) groups is 1. The van der Waals surface area contributed by atoms with E-state index in [1.807, 2.05) is 17.9 Å². The van der Waals surface area contributed by atoms with Gasteiger partial charge in [0.05, 0.1) is 17.5 Å². The molecule has 0 saturated carbocycles. The molecule has 0 unspecified atom stereocenters. The lowest BCUT2D eigenvalue weighted by atomic mass is 10.1. The zero-order valence-electron chi connectivity index (χ0n) is 17.8. The van der Waals surface area contributed by atoms with Crippen molar-refractivity contribution in [1.82, 2.24) is 5.32 Å². The summed E-state index contributed by atoms with van der Waals surface area (Å²) in [4.78, 5) is 30.3. The van der Waals surface area contributed by atoms with Gasteiger partial charge >= 0.3 is 6.09 Å². The molecule has 2 fully saturated rings. The molecule has 0 spiro atoms. The second-order valence-corrected chi connectivity index (χ2v) is 12.4. The second kappa shape index (κ2) is 8.99. The van der Waals surface area contributed by atoms with Crippen molar-refractivity contribution in [3.05, 3.63) is 28.8 Å². The predicted molar refractivity (Wildman–Crippen MR) is 124 cm³/mol. The molecule has 0 aliphatic carbocycles. The molecule has 0 radical (unpaired) electrons. The molecule has 1 N–H and O–H groups in total. The van der Waals surface area contributed by atoms with Crippen LogP contribution in [0.4, 0.5) is 10.5 Å². The molecule has 2 aliphatic heterocycles. The smallest absolute Gasteiger partial charge is 0.407 e. The Bertz CT molecular complexity index is 1020. The Morgan fingerprint density at radius 1 is 1.32 bits per heavy atom. The summed E-state index contributed by atoms with van der Waals surface area (Å²) in [6.45, 7) is 7.25. The predicted octanol–water partition coefficient (Wildman–Crippen LogP) is 3.16. The van der Waals surface area contributed by atoms with E-state index in [0.29, 0.717) is 10.2 Å². The third-order valence-electron chi connectivity index (χ3n) is 4.72. The number of hydrogen-bond donors (Lipinski definition) is 1. The summed E-state index contributed by atoms with van der Waals surface area (Å²) >= 11 is 7.48. The molecule has 2 saturated heterocycles. The third kappa shape index (κ3) is 6.14. The van der Waals surface area contributed by atoms with Gasteiger partial charge in [0.1, 0.15) is 5.60 Å². The molecule has 2 heterocycles. The molecule has 2 amide bonds. The lowest BCUT2D eigenvalue weighted by Crippen LogP contribution is -2.38. The van der Waals surface area contributed by atoms with E-state index in [9.17, 15) is 18.0 Å². The largest absolute Gasteiger partial charge is 0.444 e. The number of amidine groups is 1. The van der Waals surface area contributed by atoms with Crippen molar-refractivity contribution in [3.8, 4) is 0 Å². The van der Waals surface area contributed by atoms with Gasteiger partial charge in [-0.1, -0.05) is 29.4 Å². The molecule has 2 aliphatic rings. The highest BCUT2D eigenvalue weighted by Gasteiger charge is 2.49. The van der Waals surface area contributed by atoms with E-state index in [0.717, 1.165) is 11.3 Å². The first-order valence-electron chi connectivity index (χ1n) is 9.85. The van der Waals surface area contributed by atoms with Crippen molar-refractivity contribution < 1.29 is 22.7 Å². The number of ether oxygens (including phenoxy) is 1. The second-order valence-electron chi connectivity index (χ2n) is 8.57. The Balaban J connectivity index is 1.75. The molecule has 0 bridgehead atoms. The van der Waals surface area contributed by atoms with Crippen LogP contribution in [0.3, 0.4) is 0 Å². The number of sulfone groups is 1. The van der Waals surface area contributed by atoms with Crippen LogP contribution < -0.4 is 10.2 Å². The SMILES string of the molecule is Cc1ccc(Cl)cc1N1C(=NC(=O)CCNC(=O)OC(C)(C)C)S[C@H]2CS(=O)(=O)C[C@H]21. The third-order valence-corrected chi connectivity index (χ3v) is 8.17. The van der Waals surface area contributed by atoms with Gasteiger partial charge in [-0.3, -0.25) is 4.79 Å². The minimum Gasteiger partial charge on any atom is -0.444 e. The van der Waals surface area contributed by atoms with Crippen LogP contribution in [0.2, 0.25) is 5.02 Å². The highest BCUT2D eigenvalue weighted by molar-refractivity contribution is 8.16. The Hall–Kier alpha value is -1.78. The number of carbonyl (C=O) groups excluding carboxylic acids is 2. The number of rotatable bonds is 4. The van der Waals surface area contributed by atoms with Crippen molar-refractivity contribution in [3.63, 3.8) is 0 Å². The number of halogens is 1. The number of fused-ring (bicyclic) bond motifs is 1. The minimum absolute atomic E-state index is 0.000692. The normalized spacial score (nSPS) is 23.6. The quantitative estimate of drug-likeness (QED) is 0.695. The van der Waals surface area contributed by atoms with Gasteiger partial charge in [-0.2, -0.15) is 4.99 Å². The molecule has 1 aromatic rings. The molecular formula is C20H26ClN3O5S2. The fourth-order valence-corrected chi connectivity index (χ4v) is 7.53. The monoisotopic (exact) mass is 487 g/mol. The van der Waals surface area contributed by atoms with E-state index >= 15 is 0 Å². The average molecular weight is 488 g/mol. The molecule has 11 heteroatoms. The van der Waals surface area contributed by atoms with Gasteiger partial charge in [-0.25, -0.2) is 13.2 Å². The number of nitrogens with one attached hydrogen (secondary N) is 1. The number of hydrogen-bond acceptors (Lipinski definition) is 6. The fourth-order valence-electron chi connectivity index (χ4n) is 3.44. The fraction of sp³-hybridized carbons (Fsp3) is 0.550. The number of alkyl carbamates (subject to hydrolysis) is 1. The van der Waals surface area contributed by atoms with E-state index in [-0.39, 0.29) is 35.8 Å². The first-order chi connectivity index (χ1) is 14.3. The van der Waals surface area contributed by atoms with E-state index in [2.05, 4.69) is 10.3 Å². The number of amides is 2. The summed E-state index contributed by atoms with van der Waals surface area (Å²) in [6, 6.07) is 5.06. The molecule has 170 valence electrons. The van der Waals surface area contributed by atoms with Crippen LogP contribution in [-0.2, 0) is 19.4 Å². The Kier molecular flexibility index (Phi) is 6.93. The Morgan fingerprint density at radius 2 is 2.03 bits per heavy atom. The van der Waals surface area contributed by atoms with Gasteiger partial charge in [0.2, 0.25) is 5.91 Å². The zero-order valence-corrected chi connectivity index (χ0v) is 20.2. The summed E-state index contributed by atoms with van der Waals surface area (Å²) in [5.74, 6) is -0.360. The van der Waals surface area contributed by atoms with E-state index < -0.39 is 27.4 Å². The summed E-state index contributed by atoms with van der Waals surface area (Å²) < 4.78 is 29.5. The summed E-state index contributed by atoms with van der Waals surface area (Å²) in [6.07, 6.45) is -0.599. The van der Waals surface area contributed by atoms with Gasteiger partial charge in [0.25, 0.3) is 0 Å². The van der Waals surface area contributed by atoms with Crippen LogP contribution in [-0.4, -0.2) is 60.5 Å². The van der Waals surface area contributed by atoms with Crippen molar-refractivity contribution in [2.75, 3.05) is 23.0 Å². The summed E-state index contributed by atoms with van der Waals surface area (Å²) in [5.41, 5.74) is 1.02. The van der Waals surface area contributed by atoms with Crippen LogP contribution in [0.25, 0.3) is 0 Å². The molecule has 3 rings (SSSR count). The van der Waals surface area contributed by atoms with Crippen LogP contribution in [0.15, 0.2) is 23.2 Å². The maximum absolute atomic E-state index is 12.5. The topological polar surface area (TPSA) is 105 Å². The van der Waals surface area contributed by atoms with Crippen LogP contribution in [0.5, 0.6) is 0 Å². The van der Waals surface area contributed by atoms with E-state index in [4.69, 9.17) is 16.3 Å². The number of nitrogens with zero attached hydrogens (tertiary/aromatic N) is 2. The lowest BCUT2D eigenvalue weighted by Gasteiger charge is -2.26. The van der Waals surface area contributed by atoms with Crippen LogP contribution >= 0.6 is 23.4 Å². The first-order valence-corrected chi connectivity index (χ1v) is 12.9. The summed E-state index contributed by atoms with van der Waals surface area (Å²) in [7, 11) is -3.16. The molecule has 0 aromatic heterocycles. The van der Waals surface area contributed by atoms with Crippen molar-refractivity contribution >= 4 is 56.1 Å². The number of thioether (sulfide) groups is 1. The van der Waals surface area contributed by atoms with Crippen molar-refractivity contribution in [1.29, 1.82) is 0 Å². The number of benzene rings is 1. The molecule has 1 aromatic carbocycles. The van der Waals surface area contributed by atoms with Gasteiger partial charge in [0, 0.05) is 28.9 Å². The van der Waals surface area contributed by atoms with Crippen LogP contribution in [0.1, 0.15) is 32.8 Å². The van der Waals surface area contributed by atoms with Gasteiger partial charge < -0.3 is 15.0 Å². The molecule has 31 heavy (non-hydrogen) atoms. The molecule has 8 nitrogen and oxygen atoms in total. The number of aryl methyl sites for hydroxylation is 1. The maximum atomic E-state index is 12.5. The van der Waals surface area contributed by atoms with Gasteiger partial charge in [-0.05, 0) is 45.4 Å². The van der Waals surface area contributed by atoms with E-state index in [1.54, 1.807) is 32.9 Å². The lowest BCUT2D eigenvalue weighted by molar-refractivity contribution is -0.117. The van der Waals surface area contributed by atoms with Crippen molar-refractivity contribution in [2.45, 2.75) is 51.0 Å². The van der Waals surface area contributed by atoms with Gasteiger partial charge in [-0.15, -0.1) is 0 Å². The first kappa shape index (κ1) is 23.9. The highest BCUT2D eigenvalue weighted by Crippen LogP contribution is 2.42. The minimum atomic E-state index is -3.16. The number of carbonyl (C=O) groups is 2. The molecule has 2 atom stereocenters. The standard InChI is InChI=1S/C20H26ClN3O5S2/c1-12-5-6-13(21)9-14(12)24-15-10-31(27,28)11-16(15)30-18(24)23-17(25)7-8-22-19(26)29-20(2,3)4/h5-6,9,15-16H,7-8,10-11H2,1-4H3,(H,22,26)/t15-,16+/m1/s1. The maximum Gasteiger partial charge on any atom is 0.407 e. The number of anilines is 1. The molecular weight excluding hydrogens is 462 g/mol. The summed E-state index contributed by atoms with van der Waals surface area (Å²) in [5, 5.41) is 3.31. The van der Waals surface area contributed by atoms with Gasteiger partial charge in [0.15, 0.2) is 15.0 Å². The average Bonchev–Trinajstić information content (AvgIpc) is 3.06. The van der Waals surface area contributed by atoms with Crippen molar-refractivity contribution in [2.24, 2.45) is 4.99 Å². The highest BCUT2D eigenvalue weighted by atomic mass is 35.5. The van der Waals surface area contributed by atoms with Crippen LogP contribution in [0, 0.1) is 6.92 Å². The Labute approximate surface area is 191 Å².